The van der Waals surface area contributed by atoms with Crippen molar-refractivity contribution in [3.05, 3.63) is 34.4 Å². The molecule has 104 valence electrons. The predicted molar refractivity (Wildman–Crippen MR) is 78.7 cm³/mol. The molecule has 2 rings (SSSR count). The van der Waals surface area contributed by atoms with Crippen molar-refractivity contribution in [3.63, 3.8) is 0 Å². The average Bonchev–Trinajstić information content (AvgIpc) is 2.74. The van der Waals surface area contributed by atoms with Crippen LogP contribution < -0.4 is 5.73 Å². The molecule has 2 aromatic heterocycles. The number of pyridine rings is 1. The molecule has 2 heterocycles. The van der Waals surface area contributed by atoms with Crippen molar-refractivity contribution in [1.82, 2.24) is 14.8 Å². The van der Waals surface area contributed by atoms with Crippen LogP contribution in [0.2, 0.25) is 0 Å². The van der Waals surface area contributed by atoms with Crippen molar-refractivity contribution in [1.29, 1.82) is 5.26 Å². The maximum absolute atomic E-state index is 9.39. The van der Waals surface area contributed by atoms with Gasteiger partial charge in [-0.05, 0) is 32.8 Å². The Kier molecular flexibility index (Phi) is 3.75. The first-order chi connectivity index (χ1) is 9.53. The van der Waals surface area contributed by atoms with Crippen molar-refractivity contribution < 1.29 is 0 Å². The predicted octanol–water partition coefficient (Wildman–Crippen LogP) is 2.46. The van der Waals surface area contributed by atoms with Crippen LogP contribution in [-0.2, 0) is 12.8 Å². The summed E-state index contributed by atoms with van der Waals surface area (Å²) >= 11 is 0. The number of rotatable bonds is 3. The van der Waals surface area contributed by atoms with E-state index in [2.05, 4.69) is 16.2 Å². The lowest BCUT2D eigenvalue weighted by Gasteiger charge is -2.11. The largest absolute Gasteiger partial charge is 0.396 e. The van der Waals surface area contributed by atoms with E-state index in [-0.39, 0.29) is 0 Å². The van der Waals surface area contributed by atoms with Gasteiger partial charge in [-0.25, -0.2) is 4.68 Å². The third-order valence-electron chi connectivity index (χ3n) is 3.42. The van der Waals surface area contributed by atoms with Crippen LogP contribution in [0.1, 0.15) is 42.2 Å². The van der Waals surface area contributed by atoms with Crippen LogP contribution in [0.15, 0.2) is 6.07 Å². The number of aryl methyl sites for hydroxylation is 3. The molecule has 0 aliphatic heterocycles. The van der Waals surface area contributed by atoms with E-state index in [4.69, 9.17) is 5.73 Å². The Labute approximate surface area is 119 Å². The topological polar surface area (TPSA) is 80.5 Å². The third kappa shape index (κ3) is 2.14. The van der Waals surface area contributed by atoms with E-state index >= 15 is 0 Å². The molecule has 5 heteroatoms. The Morgan fingerprint density at radius 3 is 2.55 bits per heavy atom. The molecule has 0 saturated carbocycles. The molecule has 0 unspecified atom stereocenters. The quantitative estimate of drug-likeness (QED) is 0.928. The van der Waals surface area contributed by atoms with Gasteiger partial charge in [-0.1, -0.05) is 13.8 Å². The van der Waals surface area contributed by atoms with E-state index in [0.717, 1.165) is 47.0 Å². The molecule has 0 amide bonds. The number of nitrogen functional groups attached to an aromatic ring is 1. The summed E-state index contributed by atoms with van der Waals surface area (Å²) in [6.45, 7) is 7.82. The zero-order chi connectivity index (χ0) is 14.9. The SMILES string of the molecule is CCc1nn(-c2cc(C)nc(C)c2C#N)c(CC)c1N. The van der Waals surface area contributed by atoms with Crippen molar-refractivity contribution in [2.24, 2.45) is 0 Å². The summed E-state index contributed by atoms with van der Waals surface area (Å²) in [4.78, 5) is 4.34. The summed E-state index contributed by atoms with van der Waals surface area (Å²) in [6.07, 6.45) is 1.54. The van der Waals surface area contributed by atoms with E-state index in [9.17, 15) is 5.26 Å². The number of nitrogens with two attached hydrogens (primary N) is 1. The monoisotopic (exact) mass is 269 g/mol. The summed E-state index contributed by atoms with van der Waals surface area (Å²) < 4.78 is 1.80. The van der Waals surface area contributed by atoms with E-state index < -0.39 is 0 Å². The Balaban J connectivity index is 2.78. The minimum absolute atomic E-state index is 0.551. The number of hydrogen-bond acceptors (Lipinski definition) is 4. The van der Waals surface area contributed by atoms with Crippen molar-refractivity contribution >= 4 is 5.69 Å². The van der Waals surface area contributed by atoms with E-state index in [1.54, 1.807) is 4.68 Å². The van der Waals surface area contributed by atoms with Crippen molar-refractivity contribution in [3.8, 4) is 11.8 Å². The molecule has 0 saturated heterocycles. The van der Waals surface area contributed by atoms with Gasteiger partial charge in [0.25, 0.3) is 0 Å². The van der Waals surface area contributed by atoms with Crippen LogP contribution in [-0.4, -0.2) is 14.8 Å². The minimum Gasteiger partial charge on any atom is -0.396 e. The fraction of sp³-hybridized carbons (Fsp3) is 0.400. The highest BCUT2D eigenvalue weighted by Crippen LogP contribution is 2.25. The molecule has 0 aromatic carbocycles. The molecule has 0 bridgehead atoms. The molecule has 0 spiro atoms. The molecule has 0 fully saturated rings. The van der Waals surface area contributed by atoms with Gasteiger partial charge in [-0.3, -0.25) is 4.98 Å². The van der Waals surface area contributed by atoms with Gasteiger partial charge in [0.1, 0.15) is 6.07 Å². The van der Waals surface area contributed by atoms with Gasteiger partial charge in [-0.2, -0.15) is 10.4 Å². The van der Waals surface area contributed by atoms with Gasteiger partial charge < -0.3 is 5.73 Å². The number of nitrogens with zero attached hydrogens (tertiary/aromatic N) is 4. The summed E-state index contributed by atoms with van der Waals surface area (Å²) in [5.74, 6) is 0. The highest BCUT2D eigenvalue weighted by molar-refractivity contribution is 5.57. The maximum atomic E-state index is 9.39. The molecular weight excluding hydrogens is 250 g/mol. The molecule has 2 aromatic rings. The van der Waals surface area contributed by atoms with Crippen LogP contribution in [0.3, 0.4) is 0 Å². The number of nitriles is 1. The first-order valence-electron chi connectivity index (χ1n) is 6.78. The Morgan fingerprint density at radius 1 is 1.30 bits per heavy atom. The van der Waals surface area contributed by atoms with Gasteiger partial charge in [0, 0.05) is 5.69 Å². The Hall–Kier alpha value is -2.35. The lowest BCUT2D eigenvalue weighted by Crippen LogP contribution is -2.08. The number of aromatic nitrogens is 3. The lowest BCUT2D eigenvalue weighted by atomic mass is 10.1. The molecule has 0 atom stereocenters. The van der Waals surface area contributed by atoms with Crippen LogP contribution in [0.4, 0.5) is 5.69 Å². The Morgan fingerprint density at radius 2 is 2.00 bits per heavy atom. The number of anilines is 1. The van der Waals surface area contributed by atoms with E-state index in [0.29, 0.717) is 5.56 Å². The van der Waals surface area contributed by atoms with Gasteiger partial charge in [0.2, 0.25) is 0 Å². The van der Waals surface area contributed by atoms with Crippen molar-refractivity contribution in [2.75, 3.05) is 5.73 Å². The van der Waals surface area contributed by atoms with Crippen LogP contribution in [0.5, 0.6) is 0 Å². The molecular formula is C15H19N5. The third-order valence-corrected chi connectivity index (χ3v) is 3.42. The lowest BCUT2D eigenvalue weighted by molar-refractivity contribution is 0.787. The van der Waals surface area contributed by atoms with Crippen LogP contribution >= 0.6 is 0 Å². The normalized spacial score (nSPS) is 10.6. The second-order valence-electron chi connectivity index (χ2n) is 4.78. The second-order valence-corrected chi connectivity index (χ2v) is 4.78. The first-order valence-corrected chi connectivity index (χ1v) is 6.78. The van der Waals surface area contributed by atoms with Gasteiger partial charge in [-0.15, -0.1) is 0 Å². The zero-order valence-corrected chi connectivity index (χ0v) is 12.4. The van der Waals surface area contributed by atoms with Crippen LogP contribution in [0.25, 0.3) is 5.69 Å². The van der Waals surface area contributed by atoms with E-state index in [1.807, 2.05) is 33.8 Å². The van der Waals surface area contributed by atoms with Gasteiger partial charge in [0.15, 0.2) is 0 Å². The van der Waals surface area contributed by atoms with Crippen molar-refractivity contribution in [2.45, 2.75) is 40.5 Å². The highest BCUT2D eigenvalue weighted by atomic mass is 15.3. The molecule has 20 heavy (non-hydrogen) atoms. The average molecular weight is 269 g/mol. The van der Waals surface area contributed by atoms with Gasteiger partial charge >= 0.3 is 0 Å². The highest BCUT2D eigenvalue weighted by Gasteiger charge is 2.18. The summed E-state index contributed by atoms with van der Waals surface area (Å²) in [5.41, 5.74) is 11.6. The smallest absolute Gasteiger partial charge is 0.103 e. The fourth-order valence-electron chi connectivity index (χ4n) is 2.43. The molecule has 0 aliphatic rings. The fourth-order valence-corrected chi connectivity index (χ4v) is 2.43. The molecule has 5 nitrogen and oxygen atoms in total. The molecule has 0 radical (unpaired) electrons. The number of hydrogen-bond donors (Lipinski definition) is 1. The molecule has 2 N–H and O–H groups in total. The summed E-state index contributed by atoms with van der Waals surface area (Å²) in [5, 5.41) is 14.0. The first kappa shape index (κ1) is 14.1. The summed E-state index contributed by atoms with van der Waals surface area (Å²) in [6, 6.07) is 4.11. The molecule has 0 aliphatic carbocycles. The maximum Gasteiger partial charge on any atom is 0.103 e. The minimum atomic E-state index is 0.551. The van der Waals surface area contributed by atoms with Gasteiger partial charge in [0.05, 0.1) is 34.0 Å². The van der Waals surface area contributed by atoms with E-state index in [1.165, 1.54) is 0 Å². The standard InChI is InChI=1S/C15H19N5/c1-5-12-15(17)13(6-2)20(19-12)14-7-9(3)18-10(4)11(14)8-16/h7H,5-6,17H2,1-4H3. The zero-order valence-electron chi connectivity index (χ0n) is 12.4. The Bertz CT molecular complexity index is 691. The van der Waals surface area contributed by atoms with Crippen LogP contribution in [0, 0.1) is 25.2 Å². The summed E-state index contributed by atoms with van der Waals surface area (Å²) in [7, 11) is 0. The second kappa shape index (κ2) is 5.33.